The molecule has 1 aliphatic carbocycles. The summed E-state index contributed by atoms with van der Waals surface area (Å²) in [5.41, 5.74) is 7.43. The number of hydrogen-bond acceptors (Lipinski definition) is 3. The Labute approximate surface area is 121 Å². The van der Waals surface area contributed by atoms with E-state index in [4.69, 9.17) is 10.7 Å². The van der Waals surface area contributed by atoms with Gasteiger partial charge in [-0.1, -0.05) is 27.2 Å². The molecule has 0 saturated carbocycles. The summed E-state index contributed by atoms with van der Waals surface area (Å²) >= 11 is 1.96. The lowest BCUT2D eigenvalue weighted by Gasteiger charge is -2.35. The molecule has 0 fully saturated rings. The maximum atomic E-state index is 5.55. The van der Waals surface area contributed by atoms with E-state index in [0.29, 0.717) is 5.41 Å². The molecule has 0 bridgehead atoms. The fourth-order valence-electron chi connectivity index (χ4n) is 2.91. The van der Waals surface area contributed by atoms with E-state index in [1.807, 2.05) is 11.3 Å². The van der Waals surface area contributed by atoms with Crippen molar-refractivity contribution < 1.29 is 0 Å². The summed E-state index contributed by atoms with van der Waals surface area (Å²) in [5.74, 6) is 0.836. The van der Waals surface area contributed by atoms with Crippen LogP contribution in [-0.4, -0.2) is 11.5 Å². The van der Waals surface area contributed by atoms with Gasteiger partial charge in [0.05, 0.1) is 10.7 Å². The zero-order valence-electron chi connectivity index (χ0n) is 12.7. The van der Waals surface area contributed by atoms with Crippen LogP contribution < -0.4 is 5.73 Å². The average molecular weight is 280 g/mol. The minimum Gasteiger partial charge on any atom is -0.330 e. The Bertz CT molecular complexity index is 409. The lowest BCUT2D eigenvalue weighted by Crippen LogP contribution is -2.28. The van der Waals surface area contributed by atoms with Crippen molar-refractivity contribution in [2.45, 2.75) is 65.7 Å². The zero-order chi connectivity index (χ0) is 13.9. The second-order valence-electron chi connectivity index (χ2n) is 6.51. The van der Waals surface area contributed by atoms with Crippen molar-refractivity contribution in [2.24, 2.45) is 17.1 Å². The molecule has 3 heteroatoms. The fraction of sp³-hybridized carbons (Fsp3) is 0.812. The van der Waals surface area contributed by atoms with Crippen molar-refractivity contribution in [3.05, 3.63) is 15.6 Å². The molecule has 19 heavy (non-hydrogen) atoms. The first-order chi connectivity index (χ1) is 9.06. The largest absolute Gasteiger partial charge is 0.330 e. The third kappa shape index (κ3) is 3.57. The molecule has 1 aromatic rings. The number of fused-ring (bicyclic) bond motifs is 1. The molecule has 1 heterocycles. The highest BCUT2D eigenvalue weighted by atomic mass is 32.1. The fourth-order valence-corrected chi connectivity index (χ4v) is 4.15. The van der Waals surface area contributed by atoms with Gasteiger partial charge >= 0.3 is 0 Å². The summed E-state index contributed by atoms with van der Waals surface area (Å²) < 4.78 is 0. The third-order valence-electron chi connectivity index (χ3n) is 4.85. The van der Waals surface area contributed by atoms with Gasteiger partial charge in [0.15, 0.2) is 0 Å². The molecular weight excluding hydrogens is 252 g/mol. The van der Waals surface area contributed by atoms with Gasteiger partial charge in [-0.3, -0.25) is 0 Å². The van der Waals surface area contributed by atoms with Gasteiger partial charge < -0.3 is 5.73 Å². The van der Waals surface area contributed by atoms with Gasteiger partial charge in [0, 0.05) is 4.88 Å². The van der Waals surface area contributed by atoms with Crippen molar-refractivity contribution in [1.82, 2.24) is 4.98 Å². The Kier molecular flexibility index (Phi) is 5.02. The van der Waals surface area contributed by atoms with Crippen molar-refractivity contribution in [3.8, 4) is 0 Å². The number of rotatable bonds is 6. The minimum atomic E-state index is 0.474. The van der Waals surface area contributed by atoms with E-state index < -0.39 is 0 Å². The van der Waals surface area contributed by atoms with Gasteiger partial charge in [-0.05, 0) is 56.4 Å². The summed E-state index contributed by atoms with van der Waals surface area (Å²) in [4.78, 5) is 6.41. The van der Waals surface area contributed by atoms with Gasteiger partial charge in [0.2, 0.25) is 0 Å². The maximum absolute atomic E-state index is 5.55. The predicted molar refractivity (Wildman–Crippen MR) is 83.7 cm³/mol. The number of nitrogens with zero attached hydrogens (tertiary/aromatic N) is 1. The van der Waals surface area contributed by atoms with E-state index in [-0.39, 0.29) is 0 Å². The molecule has 0 radical (unpaired) electrons. The molecule has 1 aliphatic rings. The van der Waals surface area contributed by atoms with Crippen LogP contribution in [0.4, 0.5) is 0 Å². The number of thiazole rings is 1. The summed E-state index contributed by atoms with van der Waals surface area (Å²) in [6, 6.07) is 0. The molecule has 2 rings (SSSR count). The molecule has 0 spiro atoms. The normalized spacial score (nSPS) is 19.5. The first-order valence-electron chi connectivity index (χ1n) is 7.74. The molecule has 1 aromatic heterocycles. The monoisotopic (exact) mass is 280 g/mol. The van der Waals surface area contributed by atoms with Gasteiger partial charge in [-0.2, -0.15) is 0 Å². The molecule has 108 valence electrons. The number of unbranched alkanes of at least 4 members (excludes halogenated alkanes) is 1. The van der Waals surface area contributed by atoms with Gasteiger partial charge in [0.1, 0.15) is 0 Å². The number of aromatic nitrogens is 1. The minimum absolute atomic E-state index is 0.474. The quantitative estimate of drug-likeness (QED) is 0.801. The molecule has 2 nitrogen and oxygen atoms in total. The highest BCUT2D eigenvalue weighted by Crippen LogP contribution is 2.41. The molecule has 0 amide bonds. The number of hydrogen-bond donors (Lipinski definition) is 1. The molecular formula is C16H28N2S. The van der Waals surface area contributed by atoms with E-state index in [0.717, 1.165) is 25.3 Å². The lowest BCUT2D eigenvalue weighted by atomic mass is 9.70. The van der Waals surface area contributed by atoms with Crippen molar-refractivity contribution in [1.29, 1.82) is 0 Å². The molecule has 0 aliphatic heterocycles. The Morgan fingerprint density at radius 1 is 1.37 bits per heavy atom. The summed E-state index contributed by atoms with van der Waals surface area (Å²) in [5, 5.41) is 1.34. The van der Waals surface area contributed by atoms with E-state index >= 15 is 0 Å². The Balaban J connectivity index is 2.01. The van der Waals surface area contributed by atoms with Crippen LogP contribution in [0.2, 0.25) is 0 Å². The number of nitrogens with two attached hydrogens (primary N) is 1. The zero-order valence-corrected chi connectivity index (χ0v) is 13.5. The molecule has 1 atom stereocenters. The van der Waals surface area contributed by atoms with Crippen LogP contribution in [0, 0.1) is 11.3 Å². The molecule has 1 unspecified atom stereocenters. The Morgan fingerprint density at radius 3 is 2.84 bits per heavy atom. The van der Waals surface area contributed by atoms with Crippen LogP contribution >= 0.6 is 11.3 Å². The topological polar surface area (TPSA) is 38.9 Å². The molecule has 2 N–H and O–H groups in total. The second-order valence-corrected chi connectivity index (χ2v) is 7.67. The van der Waals surface area contributed by atoms with Crippen LogP contribution in [0.3, 0.4) is 0 Å². The van der Waals surface area contributed by atoms with Gasteiger partial charge in [-0.15, -0.1) is 11.3 Å². The third-order valence-corrected chi connectivity index (χ3v) is 6.02. The van der Waals surface area contributed by atoms with Crippen molar-refractivity contribution in [2.75, 3.05) is 6.54 Å². The van der Waals surface area contributed by atoms with E-state index in [1.54, 1.807) is 4.88 Å². The second kappa shape index (κ2) is 6.36. The van der Waals surface area contributed by atoms with Gasteiger partial charge in [0.25, 0.3) is 0 Å². The highest BCUT2D eigenvalue weighted by Gasteiger charge is 2.32. The Morgan fingerprint density at radius 2 is 2.16 bits per heavy atom. The van der Waals surface area contributed by atoms with Crippen molar-refractivity contribution in [3.63, 3.8) is 0 Å². The van der Waals surface area contributed by atoms with E-state index in [9.17, 15) is 0 Å². The molecule has 0 aromatic carbocycles. The van der Waals surface area contributed by atoms with Crippen LogP contribution in [0.15, 0.2) is 0 Å². The Hall–Kier alpha value is -0.410. The molecule has 0 saturated heterocycles. The smallest absolute Gasteiger partial charge is 0.0931 e. The standard InChI is InChI=1S/C16H28N2S/c1-4-16(2,3)12-8-9-13-14(11-12)19-15(18-13)7-5-6-10-17/h12H,4-11,17H2,1-3H3. The SMILES string of the molecule is CCC(C)(C)C1CCc2nc(CCCCN)sc2C1. The highest BCUT2D eigenvalue weighted by molar-refractivity contribution is 7.11. The average Bonchev–Trinajstić information content (AvgIpc) is 2.80. The van der Waals surface area contributed by atoms with Crippen LogP contribution in [-0.2, 0) is 19.3 Å². The summed E-state index contributed by atoms with van der Waals surface area (Å²) in [6.07, 6.45) is 8.47. The summed E-state index contributed by atoms with van der Waals surface area (Å²) in [7, 11) is 0. The van der Waals surface area contributed by atoms with Crippen LogP contribution in [0.5, 0.6) is 0 Å². The maximum Gasteiger partial charge on any atom is 0.0931 e. The van der Waals surface area contributed by atoms with Gasteiger partial charge in [-0.25, -0.2) is 4.98 Å². The first kappa shape index (κ1) is 15.0. The predicted octanol–water partition coefficient (Wildman–Crippen LogP) is 3.97. The summed E-state index contributed by atoms with van der Waals surface area (Å²) in [6.45, 7) is 7.97. The lowest BCUT2D eigenvalue weighted by molar-refractivity contribution is 0.183. The van der Waals surface area contributed by atoms with E-state index in [2.05, 4.69) is 20.8 Å². The van der Waals surface area contributed by atoms with Crippen LogP contribution in [0.25, 0.3) is 0 Å². The van der Waals surface area contributed by atoms with Crippen molar-refractivity contribution >= 4 is 11.3 Å². The number of aryl methyl sites for hydroxylation is 2. The first-order valence-corrected chi connectivity index (χ1v) is 8.56. The van der Waals surface area contributed by atoms with Crippen LogP contribution in [0.1, 0.15) is 62.0 Å². The van der Waals surface area contributed by atoms with E-state index in [1.165, 1.54) is 42.8 Å².